The molecule has 100 valence electrons. The third kappa shape index (κ3) is 2.99. The molecule has 3 heteroatoms. The molecule has 1 N–H and O–H groups in total. The van der Waals surface area contributed by atoms with Gasteiger partial charge in [-0.25, -0.2) is 4.39 Å². The first-order valence-electron chi connectivity index (χ1n) is 6.28. The molecule has 0 amide bonds. The van der Waals surface area contributed by atoms with E-state index >= 15 is 0 Å². The minimum atomic E-state index is -0.374. The molecule has 0 atom stereocenters. The minimum Gasteiger partial charge on any atom is -0.390 e. The third-order valence-electron chi connectivity index (χ3n) is 3.14. The SMILES string of the molecule is CC(C)(C)c1ccc(-c2cc(CO)ncc2F)cc1. The topological polar surface area (TPSA) is 33.1 Å². The average Bonchev–Trinajstić information content (AvgIpc) is 2.38. The monoisotopic (exact) mass is 259 g/mol. The van der Waals surface area contributed by atoms with E-state index in [2.05, 4.69) is 25.8 Å². The highest BCUT2D eigenvalue weighted by atomic mass is 19.1. The van der Waals surface area contributed by atoms with E-state index in [1.165, 1.54) is 5.56 Å². The summed E-state index contributed by atoms with van der Waals surface area (Å²) in [7, 11) is 0. The van der Waals surface area contributed by atoms with Gasteiger partial charge in [-0.1, -0.05) is 45.0 Å². The molecule has 19 heavy (non-hydrogen) atoms. The van der Waals surface area contributed by atoms with Crippen molar-refractivity contribution in [1.29, 1.82) is 0 Å². The molecule has 1 aromatic heterocycles. The summed E-state index contributed by atoms with van der Waals surface area (Å²) in [6.45, 7) is 6.23. The molecule has 2 nitrogen and oxygen atoms in total. The van der Waals surface area contributed by atoms with Gasteiger partial charge >= 0.3 is 0 Å². The van der Waals surface area contributed by atoms with Crippen LogP contribution in [0.25, 0.3) is 11.1 Å². The largest absolute Gasteiger partial charge is 0.390 e. The molecule has 0 saturated heterocycles. The van der Waals surface area contributed by atoms with Gasteiger partial charge in [-0.3, -0.25) is 4.98 Å². The van der Waals surface area contributed by atoms with Gasteiger partial charge in [-0.05, 0) is 22.6 Å². The Morgan fingerprint density at radius 3 is 2.32 bits per heavy atom. The number of nitrogens with zero attached hydrogens (tertiary/aromatic N) is 1. The Morgan fingerprint density at radius 1 is 1.16 bits per heavy atom. The number of aliphatic hydroxyl groups excluding tert-OH is 1. The average molecular weight is 259 g/mol. The predicted molar refractivity (Wildman–Crippen MR) is 74.3 cm³/mol. The Labute approximate surface area is 112 Å². The van der Waals surface area contributed by atoms with Crippen LogP contribution in [0, 0.1) is 5.82 Å². The molecular formula is C16H18FNO. The standard InChI is InChI=1S/C16H18FNO/c1-16(2,3)12-6-4-11(5-7-12)14-8-13(10-19)18-9-15(14)17/h4-9,19H,10H2,1-3H3. The van der Waals surface area contributed by atoms with Gasteiger partial charge in [0.25, 0.3) is 0 Å². The second kappa shape index (κ2) is 5.10. The van der Waals surface area contributed by atoms with Crippen LogP contribution >= 0.6 is 0 Å². The quantitative estimate of drug-likeness (QED) is 0.892. The van der Waals surface area contributed by atoms with E-state index in [4.69, 9.17) is 5.11 Å². The molecule has 1 heterocycles. The van der Waals surface area contributed by atoms with Gasteiger partial charge in [0.15, 0.2) is 0 Å². The molecule has 0 fully saturated rings. The number of aromatic nitrogens is 1. The molecule has 0 radical (unpaired) electrons. The maximum Gasteiger partial charge on any atom is 0.149 e. The molecule has 0 aliphatic heterocycles. The first kappa shape index (κ1) is 13.7. The first-order valence-corrected chi connectivity index (χ1v) is 6.28. The van der Waals surface area contributed by atoms with Crippen LogP contribution in [0.5, 0.6) is 0 Å². The zero-order valence-electron chi connectivity index (χ0n) is 11.4. The van der Waals surface area contributed by atoms with E-state index in [-0.39, 0.29) is 17.8 Å². The van der Waals surface area contributed by atoms with Crippen molar-refractivity contribution < 1.29 is 9.50 Å². The summed E-state index contributed by atoms with van der Waals surface area (Å²) in [5.74, 6) is -0.374. The maximum atomic E-state index is 13.8. The van der Waals surface area contributed by atoms with Crippen LogP contribution in [0.4, 0.5) is 4.39 Å². The fraction of sp³-hybridized carbons (Fsp3) is 0.312. The Hall–Kier alpha value is -1.74. The van der Waals surface area contributed by atoms with Gasteiger partial charge < -0.3 is 5.11 Å². The molecule has 0 unspecified atom stereocenters. The Balaban J connectivity index is 2.42. The van der Waals surface area contributed by atoms with Crippen LogP contribution < -0.4 is 0 Å². The zero-order chi connectivity index (χ0) is 14.0. The van der Waals surface area contributed by atoms with E-state index < -0.39 is 0 Å². The van der Waals surface area contributed by atoms with Crippen LogP contribution in [0.2, 0.25) is 0 Å². The number of benzene rings is 1. The van der Waals surface area contributed by atoms with E-state index in [1.54, 1.807) is 6.07 Å². The van der Waals surface area contributed by atoms with Crippen LogP contribution in [0.3, 0.4) is 0 Å². The molecule has 0 aliphatic rings. The van der Waals surface area contributed by atoms with Crippen LogP contribution in [0.1, 0.15) is 32.0 Å². The number of rotatable bonds is 2. The van der Waals surface area contributed by atoms with Crippen molar-refractivity contribution in [3.05, 3.63) is 53.6 Å². The summed E-state index contributed by atoms with van der Waals surface area (Å²) in [4.78, 5) is 3.81. The number of hydrogen-bond acceptors (Lipinski definition) is 2. The number of halogens is 1. The summed E-state index contributed by atoms with van der Waals surface area (Å²) in [6, 6.07) is 9.41. The second-order valence-corrected chi connectivity index (χ2v) is 5.64. The molecule has 0 saturated carbocycles. The van der Waals surface area contributed by atoms with E-state index in [0.717, 1.165) is 11.8 Å². The highest BCUT2D eigenvalue weighted by molar-refractivity contribution is 5.64. The predicted octanol–water partition coefficient (Wildman–Crippen LogP) is 3.68. The number of hydrogen-bond donors (Lipinski definition) is 1. The van der Waals surface area contributed by atoms with Gasteiger partial charge in [-0.15, -0.1) is 0 Å². The first-order chi connectivity index (χ1) is 8.91. The Morgan fingerprint density at radius 2 is 1.79 bits per heavy atom. The lowest BCUT2D eigenvalue weighted by atomic mass is 9.86. The Kier molecular flexibility index (Phi) is 3.67. The van der Waals surface area contributed by atoms with Gasteiger partial charge in [0, 0.05) is 5.56 Å². The van der Waals surface area contributed by atoms with Crippen molar-refractivity contribution in [3.8, 4) is 11.1 Å². The summed E-state index contributed by atoms with van der Waals surface area (Å²) >= 11 is 0. The fourth-order valence-electron chi connectivity index (χ4n) is 1.94. The second-order valence-electron chi connectivity index (χ2n) is 5.64. The van der Waals surface area contributed by atoms with E-state index in [9.17, 15) is 4.39 Å². The lowest BCUT2D eigenvalue weighted by Gasteiger charge is -2.19. The van der Waals surface area contributed by atoms with Gasteiger partial charge in [0.2, 0.25) is 0 Å². The van der Waals surface area contributed by atoms with Crippen molar-refractivity contribution in [2.45, 2.75) is 32.8 Å². The van der Waals surface area contributed by atoms with Crippen molar-refractivity contribution in [2.75, 3.05) is 0 Å². The van der Waals surface area contributed by atoms with E-state index in [1.807, 2.05) is 24.3 Å². The summed E-state index contributed by atoms with van der Waals surface area (Å²) in [5, 5.41) is 9.07. The summed E-state index contributed by atoms with van der Waals surface area (Å²) < 4.78 is 13.8. The third-order valence-corrected chi connectivity index (χ3v) is 3.14. The molecule has 0 aliphatic carbocycles. The normalized spacial score (nSPS) is 11.6. The van der Waals surface area contributed by atoms with Crippen LogP contribution in [0.15, 0.2) is 36.5 Å². The lowest BCUT2D eigenvalue weighted by Crippen LogP contribution is -2.10. The summed E-state index contributed by atoms with van der Waals surface area (Å²) in [6.07, 6.45) is 1.15. The van der Waals surface area contributed by atoms with Crippen LogP contribution in [-0.4, -0.2) is 10.1 Å². The highest BCUT2D eigenvalue weighted by Crippen LogP contribution is 2.27. The van der Waals surface area contributed by atoms with Crippen molar-refractivity contribution in [1.82, 2.24) is 4.98 Å². The zero-order valence-corrected chi connectivity index (χ0v) is 11.4. The minimum absolute atomic E-state index is 0.0750. The van der Waals surface area contributed by atoms with Gasteiger partial charge in [-0.2, -0.15) is 0 Å². The fourth-order valence-corrected chi connectivity index (χ4v) is 1.94. The lowest BCUT2D eigenvalue weighted by molar-refractivity contribution is 0.276. The van der Waals surface area contributed by atoms with Crippen molar-refractivity contribution in [3.63, 3.8) is 0 Å². The Bertz CT molecular complexity index is 570. The number of pyridine rings is 1. The molecule has 2 aromatic rings. The molecule has 1 aromatic carbocycles. The molecule has 0 bridgehead atoms. The van der Waals surface area contributed by atoms with Gasteiger partial charge in [0.1, 0.15) is 5.82 Å². The molecule has 2 rings (SSSR count). The van der Waals surface area contributed by atoms with Gasteiger partial charge in [0.05, 0.1) is 18.5 Å². The van der Waals surface area contributed by atoms with Crippen LogP contribution in [-0.2, 0) is 12.0 Å². The van der Waals surface area contributed by atoms with E-state index in [0.29, 0.717) is 11.3 Å². The highest BCUT2D eigenvalue weighted by Gasteiger charge is 2.14. The molecule has 0 spiro atoms. The summed E-state index contributed by atoms with van der Waals surface area (Å²) in [5.41, 5.74) is 3.01. The molecular weight excluding hydrogens is 241 g/mol. The maximum absolute atomic E-state index is 13.8. The van der Waals surface area contributed by atoms with Crippen molar-refractivity contribution >= 4 is 0 Å². The smallest absolute Gasteiger partial charge is 0.149 e. The van der Waals surface area contributed by atoms with Crippen molar-refractivity contribution in [2.24, 2.45) is 0 Å². The number of aliphatic hydroxyl groups is 1.